The van der Waals surface area contributed by atoms with Crippen LogP contribution in [0, 0.1) is 0 Å². The fraction of sp³-hybridized carbons (Fsp3) is 0.600. The van der Waals surface area contributed by atoms with Gasteiger partial charge < -0.3 is 4.74 Å². The van der Waals surface area contributed by atoms with Gasteiger partial charge in [0.15, 0.2) is 9.84 Å². The van der Waals surface area contributed by atoms with Gasteiger partial charge in [0.05, 0.1) is 12.3 Å². The number of nitrogens with zero attached hydrogens (tertiary/aromatic N) is 2. The van der Waals surface area contributed by atoms with E-state index in [4.69, 9.17) is 4.74 Å². The third-order valence-corrected chi connectivity index (χ3v) is 4.24. The summed E-state index contributed by atoms with van der Waals surface area (Å²) in [5.41, 5.74) is -0.0159. The minimum Gasteiger partial charge on any atom is -0.460 e. The van der Waals surface area contributed by atoms with Crippen LogP contribution in [0.5, 0.6) is 6.01 Å². The van der Waals surface area contributed by atoms with Crippen LogP contribution in [0.3, 0.4) is 0 Å². The summed E-state index contributed by atoms with van der Waals surface area (Å²) in [5.74, 6) is -0.0976. The van der Waals surface area contributed by atoms with Crippen LogP contribution in [0.4, 0.5) is 0 Å². The Morgan fingerprint density at radius 3 is 2.94 bits per heavy atom. The Hall–Kier alpha value is -1.37. The van der Waals surface area contributed by atoms with Gasteiger partial charge in [0.25, 0.3) is 11.6 Å². The van der Waals surface area contributed by atoms with Crippen molar-refractivity contribution in [3.63, 3.8) is 0 Å². The van der Waals surface area contributed by atoms with Crippen molar-refractivity contribution < 1.29 is 13.2 Å². The van der Waals surface area contributed by atoms with Crippen LogP contribution in [0.1, 0.15) is 19.5 Å². The van der Waals surface area contributed by atoms with E-state index in [-0.39, 0.29) is 23.6 Å². The zero-order chi connectivity index (χ0) is 12.6. The average Bonchev–Trinajstić information content (AvgIpc) is 2.58. The molecule has 0 aliphatic carbocycles. The lowest BCUT2D eigenvalue weighted by molar-refractivity contribution is 0.245. The Morgan fingerprint density at radius 1 is 1.59 bits per heavy atom. The van der Waals surface area contributed by atoms with Crippen molar-refractivity contribution in [2.45, 2.75) is 32.2 Å². The second-order valence-corrected chi connectivity index (χ2v) is 6.44. The van der Waals surface area contributed by atoms with Gasteiger partial charge in [-0.05, 0) is 6.92 Å². The SMILES string of the molecule is CCS(=O)(=O)Cc1cc(=O)nc2n1CC(C)O2. The first-order valence-electron chi connectivity index (χ1n) is 5.39. The summed E-state index contributed by atoms with van der Waals surface area (Å²) in [6, 6.07) is 1.48. The number of rotatable bonds is 3. The van der Waals surface area contributed by atoms with Gasteiger partial charge >= 0.3 is 0 Å². The second-order valence-electron chi connectivity index (χ2n) is 4.08. The van der Waals surface area contributed by atoms with Crippen LogP contribution in [0.15, 0.2) is 10.9 Å². The van der Waals surface area contributed by atoms with Gasteiger partial charge in [0, 0.05) is 17.5 Å². The third kappa shape index (κ3) is 2.49. The molecule has 0 N–H and O–H groups in total. The number of aromatic nitrogens is 2. The highest BCUT2D eigenvalue weighted by molar-refractivity contribution is 7.90. The first-order chi connectivity index (χ1) is 7.91. The predicted octanol–water partition coefficient (Wildman–Crippen LogP) is -0.0411. The fourth-order valence-electron chi connectivity index (χ4n) is 1.74. The molecular formula is C10H14N2O4S. The van der Waals surface area contributed by atoms with Crippen LogP contribution in [0.2, 0.25) is 0 Å². The minimum atomic E-state index is -3.17. The van der Waals surface area contributed by atoms with Crippen LogP contribution < -0.4 is 10.3 Å². The lowest BCUT2D eigenvalue weighted by Gasteiger charge is -2.08. The summed E-state index contributed by atoms with van der Waals surface area (Å²) in [4.78, 5) is 15.0. The molecule has 0 bridgehead atoms. The van der Waals surface area contributed by atoms with Crippen molar-refractivity contribution in [1.29, 1.82) is 0 Å². The van der Waals surface area contributed by atoms with Crippen LogP contribution in [-0.2, 0) is 22.1 Å². The molecule has 0 saturated heterocycles. The number of fused-ring (bicyclic) bond motifs is 1. The van der Waals surface area contributed by atoms with E-state index in [1.165, 1.54) is 6.07 Å². The van der Waals surface area contributed by atoms with Gasteiger partial charge in [-0.25, -0.2) is 8.42 Å². The molecule has 17 heavy (non-hydrogen) atoms. The van der Waals surface area contributed by atoms with E-state index >= 15 is 0 Å². The molecular weight excluding hydrogens is 244 g/mol. The summed E-state index contributed by atoms with van der Waals surface area (Å²) >= 11 is 0. The van der Waals surface area contributed by atoms with E-state index in [1.54, 1.807) is 11.5 Å². The van der Waals surface area contributed by atoms with Crippen molar-refractivity contribution in [3.8, 4) is 6.01 Å². The van der Waals surface area contributed by atoms with Crippen LogP contribution in [-0.4, -0.2) is 29.8 Å². The largest absolute Gasteiger partial charge is 0.460 e. The normalized spacial score (nSPS) is 18.8. The minimum absolute atomic E-state index is 0.0509. The highest BCUT2D eigenvalue weighted by Gasteiger charge is 2.24. The van der Waals surface area contributed by atoms with Gasteiger partial charge in [0.1, 0.15) is 6.10 Å². The maximum absolute atomic E-state index is 11.6. The topological polar surface area (TPSA) is 78.3 Å². The summed E-state index contributed by atoms with van der Waals surface area (Å²) in [5, 5.41) is 0. The summed E-state index contributed by atoms with van der Waals surface area (Å²) in [6.45, 7) is 3.95. The summed E-state index contributed by atoms with van der Waals surface area (Å²) in [6.07, 6.45) is -0.0904. The standard InChI is InChI=1S/C10H14N2O4S/c1-3-17(14,15)6-8-4-9(13)11-10-12(8)5-7(2)16-10/h4,7H,3,5-6H2,1-2H3. The first-order valence-corrected chi connectivity index (χ1v) is 7.21. The Bertz CT molecular complexity index is 591. The molecule has 6 nitrogen and oxygen atoms in total. The molecule has 1 aliphatic heterocycles. The van der Waals surface area contributed by atoms with E-state index < -0.39 is 15.4 Å². The number of hydrogen-bond acceptors (Lipinski definition) is 5. The molecule has 0 aromatic carbocycles. The lowest BCUT2D eigenvalue weighted by atomic mass is 10.4. The van der Waals surface area contributed by atoms with E-state index in [9.17, 15) is 13.2 Å². The highest BCUT2D eigenvalue weighted by atomic mass is 32.2. The van der Waals surface area contributed by atoms with Gasteiger partial charge in [-0.1, -0.05) is 6.92 Å². The summed E-state index contributed by atoms with van der Waals surface area (Å²) < 4.78 is 30.2. The number of sulfone groups is 1. The maximum atomic E-state index is 11.6. The molecule has 2 rings (SSSR count). The molecule has 1 aliphatic rings. The maximum Gasteiger partial charge on any atom is 0.300 e. The van der Waals surface area contributed by atoms with Crippen LogP contribution in [0.25, 0.3) is 0 Å². The second kappa shape index (κ2) is 4.14. The molecule has 0 fully saturated rings. The molecule has 0 amide bonds. The highest BCUT2D eigenvalue weighted by Crippen LogP contribution is 2.20. The predicted molar refractivity (Wildman–Crippen MR) is 61.8 cm³/mol. The van der Waals surface area contributed by atoms with Crippen molar-refractivity contribution in [2.75, 3.05) is 5.75 Å². The Morgan fingerprint density at radius 2 is 2.29 bits per heavy atom. The van der Waals surface area contributed by atoms with Gasteiger partial charge in [-0.15, -0.1) is 0 Å². The molecule has 1 unspecified atom stereocenters. The lowest BCUT2D eigenvalue weighted by Crippen LogP contribution is -2.18. The first kappa shape index (κ1) is 12.1. The molecule has 0 spiro atoms. The zero-order valence-corrected chi connectivity index (χ0v) is 10.5. The van der Waals surface area contributed by atoms with Gasteiger partial charge in [0.2, 0.25) is 0 Å². The Kier molecular flexibility index (Phi) is 2.94. The quantitative estimate of drug-likeness (QED) is 0.760. The van der Waals surface area contributed by atoms with Gasteiger partial charge in [-0.3, -0.25) is 9.36 Å². The Balaban J connectivity index is 2.46. The van der Waals surface area contributed by atoms with Crippen LogP contribution >= 0.6 is 0 Å². The number of ether oxygens (including phenoxy) is 1. The molecule has 1 aromatic heterocycles. The molecule has 1 atom stereocenters. The Labute approximate surface area is 99.2 Å². The third-order valence-electron chi connectivity index (χ3n) is 2.63. The van der Waals surface area contributed by atoms with E-state index in [1.807, 2.05) is 6.92 Å². The average molecular weight is 258 g/mol. The number of hydrogen-bond donors (Lipinski definition) is 0. The fourth-order valence-corrected chi connectivity index (χ4v) is 2.63. The van der Waals surface area contributed by atoms with E-state index in [0.717, 1.165) is 0 Å². The van der Waals surface area contributed by atoms with Crippen molar-refractivity contribution in [3.05, 3.63) is 22.1 Å². The monoisotopic (exact) mass is 258 g/mol. The molecule has 0 radical (unpaired) electrons. The smallest absolute Gasteiger partial charge is 0.300 e. The van der Waals surface area contributed by atoms with Crippen molar-refractivity contribution >= 4 is 9.84 Å². The van der Waals surface area contributed by atoms with Crippen molar-refractivity contribution in [1.82, 2.24) is 9.55 Å². The van der Waals surface area contributed by atoms with E-state index in [0.29, 0.717) is 12.2 Å². The summed E-state index contributed by atoms with van der Waals surface area (Å²) in [7, 11) is -3.17. The van der Waals surface area contributed by atoms with Crippen molar-refractivity contribution in [2.24, 2.45) is 0 Å². The van der Waals surface area contributed by atoms with Gasteiger partial charge in [-0.2, -0.15) is 4.98 Å². The molecule has 94 valence electrons. The molecule has 1 aromatic rings. The molecule has 7 heteroatoms. The zero-order valence-electron chi connectivity index (χ0n) is 9.71. The molecule has 2 heterocycles. The van der Waals surface area contributed by atoms with E-state index in [2.05, 4.69) is 4.98 Å². The molecule has 0 saturated carbocycles.